The molecule has 6 heteroatoms. The summed E-state index contributed by atoms with van der Waals surface area (Å²) < 4.78 is 5.34. The number of anilines is 2. The summed E-state index contributed by atoms with van der Waals surface area (Å²) in [6.45, 7) is 5.80. The predicted octanol–water partition coefficient (Wildman–Crippen LogP) is 2.69. The second-order valence-electron chi connectivity index (χ2n) is 5.63. The number of thiophene rings is 1. The molecule has 0 radical (unpaired) electrons. The Bertz CT molecular complexity index is 495. The minimum Gasteiger partial charge on any atom is -0.492 e. The molecule has 1 amide bonds. The minimum atomic E-state index is -0.127. The Hall–Kier alpha value is -1.43. The highest BCUT2D eigenvalue weighted by atomic mass is 32.1. The average molecular weight is 297 g/mol. The standard InChI is InChI=1S/C14H23N3O2S/c1-4-7-16-12(18)11-9(15)10(19-3)13(20-11)17-8-14(2)5-6-14/h17H,4-8,15H2,1-3H3,(H,16,18). The van der Waals surface area contributed by atoms with Gasteiger partial charge in [0.2, 0.25) is 0 Å². The first-order valence-electron chi connectivity index (χ1n) is 6.99. The highest BCUT2D eigenvalue weighted by molar-refractivity contribution is 7.19. The summed E-state index contributed by atoms with van der Waals surface area (Å²) in [6, 6.07) is 0. The molecule has 1 saturated carbocycles. The molecule has 0 unspecified atom stereocenters. The fraction of sp³-hybridized carbons (Fsp3) is 0.643. The summed E-state index contributed by atoms with van der Waals surface area (Å²) in [5.74, 6) is 0.458. The maximum Gasteiger partial charge on any atom is 0.263 e. The second kappa shape index (κ2) is 5.91. The molecule has 5 nitrogen and oxygen atoms in total. The zero-order chi connectivity index (χ0) is 14.8. The lowest BCUT2D eigenvalue weighted by Gasteiger charge is -2.11. The SMILES string of the molecule is CCCNC(=O)c1sc(NCC2(C)CC2)c(OC)c1N. The first-order valence-corrected chi connectivity index (χ1v) is 7.80. The van der Waals surface area contributed by atoms with Gasteiger partial charge in [-0.3, -0.25) is 4.79 Å². The molecule has 112 valence electrons. The Morgan fingerprint density at radius 3 is 2.75 bits per heavy atom. The van der Waals surface area contributed by atoms with Crippen molar-refractivity contribution < 1.29 is 9.53 Å². The van der Waals surface area contributed by atoms with Crippen molar-refractivity contribution in [1.82, 2.24) is 5.32 Å². The summed E-state index contributed by atoms with van der Waals surface area (Å²) in [7, 11) is 1.58. The molecule has 0 aromatic carbocycles. The van der Waals surface area contributed by atoms with E-state index in [1.54, 1.807) is 7.11 Å². The van der Waals surface area contributed by atoms with Gasteiger partial charge in [0.25, 0.3) is 5.91 Å². The van der Waals surface area contributed by atoms with E-state index in [-0.39, 0.29) is 5.91 Å². The molecular formula is C14H23N3O2S. The van der Waals surface area contributed by atoms with E-state index in [0.29, 0.717) is 28.3 Å². The molecule has 1 aromatic rings. The molecule has 1 fully saturated rings. The molecule has 1 heterocycles. The van der Waals surface area contributed by atoms with Crippen LogP contribution in [0.4, 0.5) is 10.7 Å². The van der Waals surface area contributed by atoms with Gasteiger partial charge in [-0.25, -0.2) is 0 Å². The van der Waals surface area contributed by atoms with Crippen LogP contribution in [0.3, 0.4) is 0 Å². The van der Waals surface area contributed by atoms with Crippen molar-refractivity contribution >= 4 is 27.9 Å². The van der Waals surface area contributed by atoms with Crippen LogP contribution in [0.1, 0.15) is 42.8 Å². The van der Waals surface area contributed by atoms with Crippen molar-refractivity contribution in [2.45, 2.75) is 33.1 Å². The van der Waals surface area contributed by atoms with Crippen molar-refractivity contribution in [3.63, 3.8) is 0 Å². The Kier molecular flexibility index (Phi) is 4.42. The number of hydrogen-bond acceptors (Lipinski definition) is 5. The molecule has 20 heavy (non-hydrogen) atoms. The third-order valence-electron chi connectivity index (χ3n) is 3.62. The summed E-state index contributed by atoms with van der Waals surface area (Å²) >= 11 is 1.36. The number of hydrogen-bond donors (Lipinski definition) is 3. The largest absolute Gasteiger partial charge is 0.492 e. The van der Waals surface area contributed by atoms with E-state index in [9.17, 15) is 4.79 Å². The molecule has 0 atom stereocenters. The smallest absolute Gasteiger partial charge is 0.263 e. The maximum atomic E-state index is 12.1. The lowest BCUT2D eigenvalue weighted by atomic mass is 10.1. The van der Waals surface area contributed by atoms with Crippen LogP contribution < -0.4 is 21.1 Å². The third kappa shape index (κ3) is 3.17. The number of carbonyl (C=O) groups is 1. The van der Waals surface area contributed by atoms with Gasteiger partial charge in [-0.05, 0) is 24.7 Å². The Morgan fingerprint density at radius 1 is 1.50 bits per heavy atom. The van der Waals surface area contributed by atoms with Crippen LogP contribution in [0.15, 0.2) is 0 Å². The lowest BCUT2D eigenvalue weighted by Crippen LogP contribution is -2.23. The highest BCUT2D eigenvalue weighted by Gasteiger charge is 2.37. The average Bonchev–Trinajstić information content (AvgIpc) is 3.07. The Morgan fingerprint density at radius 2 is 2.20 bits per heavy atom. The summed E-state index contributed by atoms with van der Waals surface area (Å²) in [6.07, 6.45) is 3.39. The maximum absolute atomic E-state index is 12.1. The summed E-state index contributed by atoms with van der Waals surface area (Å²) in [5, 5.41) is 7.07. The number of ether oxygens (including phenoxy) is 1. The van der Waals surface area contributed by atoms with Gasteiger partial charge in [0.1, 0.15) is 15.6 Å². The molecule has 4 N–H and O–H groups in total. The van der Waals surface area contributed by atoms with Gasteiger partial charge in [0, 0.05) is 13.1 Å². The molecule has 0 saturated heterocycles. The zero-order valence-corrected chi connectivity index (χ0v) is 13.2. The zero-order valence-electron chi connectivity index (χ0n) is 12.3. The van der Waals surface area contributed by atoms with Gasteiger partial charge < -0.3 is 21.1 Å². The van der Waals surface area contributed by atoms with E-state index >= 15 is 0 Å². The number of rotatable bonds is 7. The van der Waals surface area contributed by atoms with E-state index in [4.69, 9.17) is 10.5 Å². The van der Waals surface area contributed by atoms with E-state index in [1.807, 2.05) is 6.92 Å². The molecule has 2 rings (SSSR count). The van der Waals surface area contributed by atoms with Gasteiger partial charge in [-0.1, -0.05) is 13.8 Å². The lowest BCUT2D eigenvalue weighted by molar-refractivity contribution is 0.0958. The molecule has 0 bridgehead atoms. The van der Waals surface area contributed by atoms with Crippen LogP contribution in [-0.4, -0.2) is 26.1 Å². The van der Waals surface area contributed by atoms with E-state index < -0.39 is 0 Å². The van der Waals surface area contributed by atoms with Gasteiger partial charge >= 0.3 is 0 Å². The number of carbonyl (C=O) groups excluding carboxylic acids is 1. The number of amides is 1. The van der Waals surface area contributed by atoms with Crippen molar-refractivity contribution in [2.24, 2.45) is 5.41 Å². The van der Waals surface area contributed by atoms with Crippen LogP contribution in [0.25, 0.3) is 0 Å². The molecule has 0 aliphatic heterocycles. The van der Waals surface area contributed by atoms with Crippen molar-refractivity contribution in [1.29, 1.82) is 0 Å². The summed E-state index contributed by atoms with van der Waals surface area (Å²) in [5.41, 5.74) is 6.84. The monoisotopic (exact) mass is 297 g/mol. The molecule has 1 aliphatic carbocycles. The topological polar surface area (TPSA) is 76.4 Å². The van der Waals surface area contributed by atoms with Gasteiger partial charge in [0.15, 0.2) is 5.75 Å². The Labute approximate surface area is 123 Å². The normalized spacial score (nSPS) is 15.8. The molecule has 1 aromatic heterocycles. The molecule has 0 spiro atoms. The van der Waals surface area contributed by atoms with Crippen molar-refractivity contribution in [2.75, 3.05) is 31.2 Å². The van der Waals surface area contributed by atoms with Gasteiger partial charge in [-0.2, -0.15) is 0 Å². The number of nitrogens with one attached hydrogen (secondary N) is 2. The first-order chi connectivity index (χ1) is 9.50. The Balaban J connectivity index is 2.12. The van der Waals surface area contributed by atoms with E-state index in [0.717, 1.165) is 18.0 Å². The fourth-order valence-corrected chi connectivity index (χ4v) is 2.92. The third-order valence-corrected chi connectivity index (χ3v) is 4.77. The molecular weight excluding hydrogens is 274 g/mol. The van der Waals surface area contributed by atoms with Crippen LogP contribution in [0.2, 0.25) is 0 Å². The number of methoxy groups -OCH3 is 1. The van der Waals surface area contributed by atoms with E-state index in [2.05, 4.69) is 17.6 Å². The number of nitrogen functional groups attached to an aromatic ring is 1. The van der Waals surface area contributed by atoms with Crippen LogP contribution in [0, 0.1) is 5.41 Å². The second-order valence-corrected chi connectivity index (χ2v) is 6.65. The van der Waals surface area contributed by atoms with Crippen LogP contribution >= 0.6 is 11.3 Å². The van der Waals surface area contributed by atoms with E-state index in [1.165, 1.54) is 24.2 Å². The molecule has 1 aliphatic rings. The first kappa shape index (κ1) is 15.0. The quantitative estimate of drug-likeness (QED) is 0.723. The van der Waals surface area contributed by atoms with Crippen LogP contribution in [0.5, 0.6) is 5.75 Å². The van der Waals surface area contributed by atoms with Crippen molar-refractivity contribution in [3.05, 3.63) is 4.88 Å². The summed E-state index contributed by atoms with van der Waals surface area (Å²) in [4.78, 5) is 12.6. The number of nitrogens with two attached hydrogens (primary N) is 1. The fourth-order valence-electron chi connectivity index (χ4n) is 1.92. The highest BCUT2D eigenvalue weighted by Crippen LogP contribution is 2.47. The minimum absolute atomic E-state index is 0.127. The predicted molar refractivity (Wildman–Crippen MR) is 83.7 cm³/mol. The van der Waals surface area contributed by atoms with Crippen LogP contribution in [-0.2, 0) is 0 Å². The van der Waals surface area contributed by atoms with Gasteiger partial charge in [-0.15, -0.1) is 11.3 Å². The van der Waals surface area contributed by atoms with Gasteiger partial charge in [0.05, 0.1) is 7.11 Å². The van der Waals surface area contributed by atoms with Crippen molar-refractivity contribution in [3.8, 4) is 5.75 Å².